The van der Waals surface area contributed by atoms with Gasteiger partial charge in [0.15, 0.2) is 5.89 Å². The molecule has 4 aromatic heterocycles. The molecule has 20 nitrogen and oxygen atoms in total. The molecular formula is C41H48N12O8. The summed E-state index contributed by atoms with van der Waals surface area (Å²) in [5.41, 5.74) is 14.9. The Kier molecular flexibility index (Phi) is 12.5. The average molecular weight is 837 g/mol. The minimum Gasteiger partial charge on any atom is -0.494 e. The lowest BCUT2D eigenvalue weighted by molar-refractivity contribution is 0.0136. The van der Waals surface area contributed by atoms with E-state index in [-0.39, 0.29) is 54.6 Å². The molecule has 0 unspecified atom stereocenters. The Balaban J connectivity index is 1.25. The van der Waals surface area contributed by atoms with Crippen LogP contribution < -0.4 is 36.9 Å². The fourth-order valence-electron chi connectivity index (χ4n) is 6.97. The fraction of sp³-hybridized carbons (Fsp3) is 0.366. The van der Waals surface area contributed by atoms with Gasteiger partial charge in [0.2, 0.25) is 29.5 Å². The second-order valence-corrected chi connectivity index (χ2v) is 14.3. The van der Waals surface area contributed by atoms with E-state index in [1.165, 1.54) is 25.3 Å². The highest BCUT2D eigenvalue weighted by atomic mass is 16.5. The van der Waals surface area contributed by atoms with Gasteiger partial charge >= 0.3 is 0 Å². The molecule has 320 valence electrons. The third-order valence-electron chi connectivity index (χ3n) is 10.0. The van der Waals surface area contributed by atoms with Gasteiger partial charge in [0.05, 0.1) is 48.8 Å². The summed E-state index contributed by atoms with van der Waals surface area (Å²) in [6.45, 7) is 10.3. The lowest BCUT2D eigenvalue weighted by atomic mass is 10.1. The number of imidazole rings is 2. The number of rotatable bonds is 19. The molecule has 2 aromatic carbocycles. The number of fused-ring (bicyclic) bond motifs is 2. The van der Waals surface area contributed by atoms with Gasteiger partial charge in [-0.2, -0.15) is 5.10 Å². The zero-order chi connectivity index (χ0) is 43.4. The molecule has 61 heavy (non-hydrogen) atoms. The summed E-state index contributed by atoms with van der Waals surface area (Å²) in [6.07, 6.45) is 4.86. The van der Waals surface area contributed by atoms with Crippen LogP contribution in [0.1, 0.15) is 79.3 Å². The van der Waals surface area contributed by atoms with E-state index in [0.29, 0.717) is 82.5 Å². The molecule has 5 heterocycles. The van der Waals surface area contributed by atoms with Crippen LogP contribution in [-0.2, 0) is 30.8 Å². The molecule has 20 heteroatoms. The van der Waals surface area contributed by atoms with Crippen molar-refractivity contribution in [3.63, 3.8) is 0 Å². The van der Waals surface area contributed by atoms with Crippen LogP contribution in [0, 0.1) is 13.8 Å². The number of aromatic nitrogens is 7. The third-order valence-corrected chi connectivity index (χ3v) is 10.0. The first-order valence-electron chi connectivity index (χ1n) is 19.8. The number of carbonyl (C=O) groups is 4. The SMILES string of the molecule is CCc1nc(C)oc1C(=O)Nc1nc2cc(C(N)=O)cc(OCCCOC3CNC3)c2n1C/C=C/Cn1c(NC(=O)c2cc(C)nn2CC)nc2cc(C(N)=O)cc(OC)c21. The summed E-state index contributed by atoms with van der Waals surface area (Å²) < 4.78 is 28.5. The number of benzene rings is 2. The topological polar surface area (TPSA) is 264 Å². The van der Waals surface area contributed by atoms with E-state index in [1.807, 2.05) is 26.0 Å². The highest BCUT2D eigenvalue weighted by Gasteiger charge is 2.25. The first-order chi connectivity index (χ1) is 29.4. The van der Waals surface area contributed by atoms with Crippen molar-refractivity contribution in [2.45, 2.75) is 66.3 Å². The second-order valence-electron chi connectivity index (χ2n) is 14.3. The quantitative estimate of drug-likeness (QED) is 0.0579. The van der Waals surface area contributed by atoms with Crippen LogP contribution in [0.4, 0.5) is 11.9 Å². The van der Waals surface area contributed by atoms with Crippen LogP contribution >= 0.6 is 0 Å². The molecule has 4 amide bonds. The standard InChI is InChI=1S/C41H48N12O8/c1-6-27-35(61-23(4)45-27)39(57)49-41-47-29-17-25(37(43)55)19-32(60-14-10-13-59-26-20-44-21-26)34(29)52(41)12-9-8-11-51-33-28(16-24(36(42)54)18-31(33)58-5)46-40(51)48-38(56)30-15-22(3)50-53(30)7-2/h8-9,15-19,26,44H,6-7,10-14,20-21H2,1-5H3,(H2,42,54)(H2,43,55)(H,46,48,56)(H,47,49,57)/b9-8+. The monoisotopic (exact) mass is 836 g/mol. The molecule has 0 spiro atoms. The maximum Gasteiger partial charge on any atom is 0.295 e. The number of methoxy groups -OCH3 is 1. The van der Waals surface area contributed by atoms with Crippen molar-refractivity contribution in [1.82, 2.24) is 39.2 Å². The number of allylic oxidation sites excluding steroid dienone is 2. The Morgan fingerprint density at radius 3 is 2.02 bits per heavy atom. The van der Waals surface area contributed by atoms with E-state index in [1.54, 1.807) is 39.8 Å². The molecule has 7 N–H and O–H groups in total. The number of anilines is 2. The minimum absolute atomic E-state index is 0.0530. The van der Waals surface area contributed by atoms with E-state index in [9.17, 15) is 19.2 Å². The Morgan fingerprint density at radius 1 is 0.852 bits per heavy atom. The van der Waals surface area contributed by atoms with Crippen molar-refractivity contribution in [2.75, 3.05) is 44.0 Å². The molecule has 1 saturated heterocycles. The summed E-state index contributed by atoms with van der Waals surface area (Å²) >= 11 is 0. The fourth-order valence-corrected chi connectivity index (χ4v) is 6.97. The van der Waals surface area contributed by atoms with Gasteiger partial charge in [0, 0.05) is 57.2 Å². The lowest BCUT2D eigenvalue weighted by Gasteiger charge is -2.27. The molecule has 0 radical (unpaired) electrons. The van der Waals surface area contributed by atoms with Gasteiger partial charge in [-0.05, 0) is 50.6 Å². The summed E-state index contributed by atoms with van der Waals surface area (Å²) in [7, 11) is 1.46. The number of primary amides is 2. The zero-order valence-electron chi connectivity index (χ0n) is 34.5. The van der Waals surface area contributed by atoms with Crippen molar-refractivity contribution >= 4 is 57.6 Å². The van der Waals surface area contributed by atoms with E-state index < -0.39 is 23.6 Å². The summed E-state index contributed by atoms with van der Waals surface area (Å²) in [6, 6.07) is 7.81. The number of oxazole rings is 1. The van der Waals surface area contributed by atoms with E-state index in [2.05, 4.69) is 31.0 Å². The maximum absolute atomic E-state index is 13.7. The van der Waals surface area contributed by atoms with Crippen molar-refractivity contribution in [1.29, 1.82) is 0 Å². The number of ether oxygens (including phenoxy) is 3. The molecule has 1 aliphatic heterocycles. The Labute approximate surface area is 349 Å². The maximum atomic E-state index is 13.7. The first kappa shape index (κ1) is 42.1. The van der Waals surface area contributed by atoms with Gasteiger partial charge in [0.25, 0.3) is 11.8 Å². The molecule has 0 atom stereocenters. The van der Waals surface area contributed by atoms with Crippen molar-refractivity contribution in [2.24, 2.45) is 11.5 Å². The molecule has 0 bridgehead atoms. The van der Waals surface area contributed by atoms with Gasteiger partial charge in [-0.3, -0.25) is 34.5 Å². The van der Waals surface area contributed by atoms with Gasteiger partial charge in [-0.25, -0.2) is 15.0 Å². The predicted molar refractivity (Wildman–Crippen MR) is 224 cm³/mol. The summed E-state index contributed by atoms with van der Waals surface area (Å²) in [5, 5.41) is 13.3. The Bertz CT molecular complexity index is 2670. The summed E-state index contributed by atoms with van der Waals surface area (Å²) in [4.78, 5) is 65.8. The van der Waals surface area contributed by atoms with Crippen LogP contribution in [0.5, 0.6) is 11.5 Å². The van der Waals surface area contributed by atoms with E-state index in [4.69, 9.17) is 35.1 Å². The number of nitrogens with zero attached hydrogens (tertiary/aromatic N) is 7. The number of hydrogen-bond acceptors (Lipinski definition) is 13. The van der Waals surface area contributed by atoms with Crippen LogP contribution in [0.15, 0.2) is 46.9 Å². The third kappa shape index (κ3) is 8.94. The number of carbonyl (C=O) groups excluding carboxylic acids is 4. The number of nitrogens with one attached hydrogen (secondary N) is 3. The first-order valence-corrected chi connectivity index (χ1v) is 19.8. The van der Waals surface area contributed by atoms with Crippen LogP contribution in [0.2, 0.25) is 0 Å². The molecule has 0 saturated carbocycles. The smallest absolute Gasteiger partial charge is 0.295 e. The van der Waals surface area contributed by atoms with Gasteiger partial charge in [-0.15, -0.1) is 0 Å². The number of nitrogens with two attached hydrogens (primary N) is 2. The largest absolute Gasteiger partial charge is 0.494 e. The lowest BCUT2D eigenvalue weighted by Crippen LogP contribution is -2.48. The summed E-state index contributed by atoms with van der Waals surface area (Å²) in [5.74, 6) is -1.02. The zero-order valence-corrected chi connectivity index (χ0v) is 34.5. The van der Waals surface area contributed by atoms with Crippen LogP contribution in [-0.4, -0.2) is 97.0 Å². The van der Waals surface area contributed by atoms with Gasteiger partial charge < -0.3 is 44.5 Å². The Morgan fingerprint density at radius 2 is 1.46 bits per heavy atom. The van der Waals surface area contributed by atoms with Gasteiger partial charge in [0.1, 0.15) is 28.2 Å². The minimum atomic E-state index is -0.680. The van der Waals surface area contributed by atoms with Crippen LogP contribution in [0.25, 0.3) is 22.1 Å². The molecule has 7 rings (SSSR count). The number of amides is 4. The van der Waals surface area contributed by atoms with E-state index in [0.717, 1.165) is 13.1 Å². The normalized spacial score (nSPS) is 12.9. The van der Waals surface area contributed by atoms with Crippen molar-refractivity contribution < 1.29 is 37.8 Å². The predicted octanol–water partition coefficient (Wildman–Crippen LogP) is 3.49. The highest BCUT2D eigenvalue weighted by Crippen LogP contribution is 2.33. The number of aryl methyl sites for hydroxylation is 4. The average Bonchev–Trinajstić information content (AvgIpc) is 3.98. The van der Waals surface area contributed by atoms with Gasteiger partial charge in [-0.1, -0.05) is 19.1 Å². The molecule has 1 fully saturated rings. The Hall–Kier alpha value is -7.06. The molecule has 6 aromatic rings. The number of hydrogen-bond donors (Lipinski definition) is 5. The second kappa shape index (κ2) is 18.1. The van der Waals surface area contributed by atoms with Crippen molar-refractivity contribution in [3.05, 3.63) is 82.3 Å². The highest BCUT2D eigenvalue weighted by molar-refractivity contribution is 6.05. The molecule has 0 aliphatic carbocycles. The van der Waals surface area contributed by atoms with Crippen molar-refractivity contribution in [3.8, 4) is 11.5 Å². The molecular weight excluding hydrogens is 789 g/mol. The molecule has 1 aliphatic rings. The van der Waals surface area contributed by atoms with E-state index >= 15 is 0 Å². The van der Waals surface area contributed by atoms with Crippen LogP contribution in [0.3, 0.4) is 0 Å².